The second kappa shape index (κ2) is 4.77. The van der Waals surface area contributed by atoms with Gasteiger partial charge in [0.15, 0.2) is 0 Å². The van der Waals surface area contributed by atoms with Crippen LogP contribution in [0.15, 0.2) is 30.3 Å². The van der Waals surface area contributed by atoms with E-state index in [1.54, 1.807) is 7.05 Å². The van der Waals surface area contributed by atoms with Gasteiger partial charge in [-0.2, -0.15) is 0 Å². The number of hydrogen-bond acceptors (Lipinski definition) is 2. The summed E-state index contributed by atoms with van der Waals surface area (Å²) in [6.45, 7) is 0. The summed E-state index contributed by atoms with van der Waals surface area (Å²) < 4.78 is 0. The minimum Gasteiger partial charge on any atom is -0.341 e. The standard InChI is InChI=1S/C9H12N2OS/c1-10-9(12)11-8(13)7-5-3-2-4-6-7/h2-6,8,13H,1H3,(H2,10,11,12). The zero-order chi connectivity index (χ0) is 9.68. The molecule has 1 rings (SSSR count). The third-order valence-electron chi connectivity index (χ3n) is 1.61. The average Bonchev–Trinajstić information content (AvgIpc) is 2.19. The number of nitrogens with one attached hydrogen (secondary N) is 2. The number of carbonyl (C=O) groups is 1. The number of urea groups is 1. The van der Waals surface area contributed by atoms with E-state index in [0.29, 0.717) is 0 Å². The first kappa shape index (κ1) is 9.92. The van der Waals surface area contributed by atoms with E-state index in [9.17, 15) is 4.79 Å². The van der Waals surface area contributed by atoms with Crippen molar-refractivity contribution < 1.29 is 4.79 Å². The molecule has 2 N–H and O–H groups in total. The van der Waals surface area contributed by atoms with Gasteiger partial charge in [-0.05, 0) is 5.56 Å². The van der Waals surface area contributed by atoms with Gasteiger partial charge < -0.3 is 10.6 Å². The van der Waals surface area contributed by atoms with Crippen molar-refractivity contribution in [2.24, 2.45) is 0 Å². The molecular formula is C9H12N2OS. The molecule has 1 unspecified atom stereocenters. The topological polar surface area (TPSA) is 41.1 Å². The van der Waals surface area contributed by atoms with Crippen molar-refractivity contribution >= 4 is 18.7 Å². The van der Waals surface area contributed by atoms with Crippen molar-refractivity contribution in [3.8, 4) is 0 Å². The molecule has 13 heavy (non-hydrogen) atoms. The minimum atomic E-state index is -0.263. The van der Waals surface area contributed by atoms with Gasteiger partial charge >= 0.3 is 6.03 Å². The SMILES string of the molecule is CNC(=O)NC(S)c1ccccc1. The van der Waals surface area contributed by atoms with E-state index < -0.39 is 0 Å². The molecule has 0 spiro atoms. The Kier molecular flexibility index (Phi) is 3.64. The van der Waals surface area contributed by atoms with Gasteiger partial charge in [-0.3, -0.25) is 0 Å². The maximum Gasteiger partial charge on any atom is 0.315 e. The summed E-state index contributed by atoms with van der Waals surface area (Å²) in [7, 11) is 1.57. The zero-order valence-corrected chi connectivity index (χ0v) is 8.21. The molecule has 1 atom stereocenters. The second-order valence-electron chi connectivity index (χ2n) is 2.54. The molecule has 0 saturated heterocycles. The molecule has 0 radical (unpaired) electrons. The highest BCUT2D eigenvalue weighted by molar-refractivity contribution is 7.80. The summed E-state index contributed by atoms with van der Waals surface area (Å²) in [5, 5.41) is 4.86. The quantitative estimate of drug-likeness (QED) is 0.487. The molecule has 2 amide bonds. The normalized spacial score (nSPS) is 11.8. The van der Waals surface area contributed by atoms with Crippen LogP contribution in [-0.4, -0.2) is 13.1 Å². The fourth-order valence-electron chi connectivity index (χ4n) is 0.915. The number of thiol groups is 1. The van der Waals surface area contributed by atoms with Crippen LogP contribution in [0.2, 0.25) is 0 Å². The summed E-state index contributed by atoms with van der Waals surface area (Å²) in [6, 6.07) is 9.32. The van der Waals surface area contributed by atoms with E-state index in [1.165, 1.54) is 0 Å². The van der Waals surface area contributed by atoms with E-state index in [-0.39, 0.29) is 11.4 Å². The summed E-state index contributed by atoms with van der Waals surface area (Å²) in [6.07, 6.45) is 0. The average molecular weight is 196 g/mol. The Hall–Kier alpha value is -1.16. The molecule has 0 fully saturated rings. The van der Waals surface area contributed by atoms with Crippen LogP contribution in [0.5, 0.6) is 0 Å². The van der Waals surface area contributed by atoms with Gasteiger partial charge in [-0.1, -0.05) is 30.3 Å². The molecule has 0 aliphatic rings. The van der Waals surface area contributed by atoms with Crippen LogP contribution in [0, 0.1) is 0 Å². The van der Waals surface area contributed by atoms with E-state index in [1.807, 2.05) is 30.3 Å². The van der Waals surface area contributed by atoms with E-state index in [2.05, 4.69) is 23.3 Å². The highest BCUT2D eigenvalue weighted by Gasteiger charge is 2.07. The maximum absolute atomic E-state index is 10.9. The lowest BCUT2D eigenvalue weighted by atomic mass is 10.2. The Morgan fingerprint density at radius 3 is 2.54 bits per heavy atom. The Labute approximate surface area is 82.9 Å². The molecule has 0 aliphatic carbocycles. The Bertz CT molecular complexity index is 276. The molecule has 1 aromatic carbocycles. The lowest BCUT2D eigenvalue weighted by Gasteiger charge is -2.12. The van der Waals surface area contributed by atoms with Crippen molar-refractivity contribution in [3.05, 3.63) is 35.9 Å². The van der Waals surface area contributed by atoms with Crippen LogP contribution in [0.25, 0.3) is 0 Å². The molecule has 0 bridgehead atoms. The first-order valence-electron chi connectivity index (χ1n) is 3.95. The van der Waals surface area contributed by atoms with Gasteiger partial charge in [-0.15, -0.1) is 12.6 Å². The van der Waals surface area contributed by atoms with E-state index >= 15 is 0 Å². The number of hydrogen-bond donors (Lipinski definition) is 3. The largest absolute Gasteiger partial charge is 0.341 e. The van der Waals surface area contributed by atoms with Gasteiger partial charge in [0, 0.05) is 7.05 Å². The number of amides is 2. The van der Waals surface area contributed by atoms with Crippen molar-refractivity contribution in [2.45, 2.75) is 5.37 Å². The van der Waals surface area contributed by atoms with Crippen molar-refractivity contribution in [1.82, 2.24) is 10.6 Å². The zero-order valence-electron chi connectivity index (χ0n) is 7.32. The summed E-state index contributed by atoms with van der Waals surface area (Å²) in [5.74, 6) is 0. The predicted octanol–water partition coefficient (Wildman–Crippen LogP) is 1.54. The van der Waals surface area contributed by atoms with E-state index in [4.69, 9.17) is 0 Å². The molecule has 3 nitrogen and oxygen atoms in total. The van der Waals surface area contributed by atoms with Crippen LogP contribution in [0.3, 0.4) is 0 Å². The van der Waals surface area contributed by atoms with Crippen molar-refractivity contribution in [3.63, 3.8) is 0 Å². The fourth-order valence-corrected chi connectivity index (χ4v) is 1.20. The Balaban J connectivity index is 2.59. The number of carbonyl (C=O) groups excluding carboxylic acids is 1. The molecule has 0 aromatic heterocycles. The minimum absolute atomic E-state index is 0.233. The highest BCUT2D eigenvalue weighted by Crippen LogP contribution is 2.15. The molecule has 0 saturated carbocycles. The van der Waals surface area contributed by atoms with Crippen LogP contribution < -0.4 is 10.6 Å². The molecular weight excluding hydrogens is 184 g/mol. The smallest absolute Gasteiger partial charge is 0.315 e. The number of benzene rings is 1. The van der Waals surface area contributed by atoms with Gasteiger partial charge in [0.05, 0.1) is 5.37 Å². The maximum atomic E-state index is 10.9. The summed E-state index contributed by atoms with van der Waals surface area (Å²) in [5.41, 5.74) is 0.967. The van der Waals surface area contributed by atoms with Crippen molar-refractivity contribution in [2.75, 3.05) is 7.05 Å². The lowest BCUT2D eigenvalue weighted by Crippen LogP contribution is -2.33. The van der Waals surface area contributed by atoms with Gasteiger partial charge in [0.25, 0.3) is 0 Å². The molecule has 70 valence electrons. The van der Waals surface area contributed by atoms with E-state index in [0.717, 1.165) is 5.56 Å². The van der Waals surface area contributed by atoms with Crippen LogP contribution in [-0.2, 0) is 0 Å². The Morgan fingerprint density at radius 1 is 1.38 bits per heavy atom. The van der Waals surface area contributed by atoms with Gasteiger partial charge in [-0.25, -0.2) is 4.79 Å². The molecule has 0 heterocycles. The second-order valence-corrected chi connectivity index (χ2v) is 3.05. The van der Waals surface area contributed by atoms with Crippen LogP contribution >= 0.6 is 12.6 Å². The third kappa shape index (κ3) is 2.99. The Morgan fingerprint density at radius 2 is 2.00 bits per heavy atom. The summed E-state index contributed by atoms with van der Waals surface area (Å²) >= 11 is 4.24. The summed E-state index contributed by atoms with van der Waals surface area (Å²) in [4.78, 5) is 10.9. The first-order chi connectivity index (χ1) is 6.24. The molecule has 4 heteroatoms. The first-order valence-corrected chi connectivity index (χ1v) is 4.47. The predicted molar refractivity (Wildman–Crippen MR) is 55.8 cm³/mol. The molecule has 0 aliphatic heterocycles. The third-order valence-corrected chi connectivity index (χ3v) is 2.04. The van der Waals surface area contributed by atoms with Gasteiger partial charge in [0.2, 0.25) is 0 Å². The monoisotopic (exact) mass is 196 g/mol. The molecule has 1 aromatic rings. The van der Waals surface area contributed by atoms with Crippen molar-refractivity contribution in [1.29, 1.82) is 0 Å². The van der Waals surface area contributed by atoms with Crippen LogP contribution in [0.1, 0.15) is 10.9 Å². The lowest BCUT2D eigenvalue weighted by molar-refractivity contribution is 0.242. The highest BCUT2D eigenvalue weighted by atomic mass is 32.1. The van der Waals surface area contributed by atoms with Crippen LogP contribution in [0.4, 0.5) is 4.79 Å². The van der Waals surface area contributed by atoms with Gasteiger partial charge in [0.1, 0.15) is 0 Å². The fraction of sp³-hybridized carbons (Fsp3) is 0.222. The number of rotatable bonds is 2.